The lowest BCUT2D eigenvalue weighted by Crippen LogP contribution is -2.40. The third-order valence-electron chi connectivity index (χ3n) is 4.67. The number of ether oxygens (including phenoxy) is 1. The molecule has 0 bridgehead atoms. The van der Waals surface area contributed by atoms with Gasteiger partial charge in [-0.05, 0) is 42.5 Å². The molecule has 1 heterocycles. The molecule has 2 aromatic rings. The lowest BCUT2D eigenvalue weighted by Gasteiger charge is -2.20. The van der Waals surface area contributed by atoms with E-state index in [1.54, 1.807) is 0 Å². The van der Waals surface area contributed by atoms with E-state index in [1.807, 2.05) is 30.3 Å². The molecule has 1 N–H and O–H groups in total. The molecule has 1 unspecified atom stereocenters. The molecule has 0 spiro atoms. The van der Waals surface area contributed by atoms with E-state index in [0.717, 1.165) is 5.56 Å². The van der Waals surface area contributed by atoms with Gasteiger partial charge < -0.3 is 9.84 Å². The molecule has 6 heteroatoms. The van der Waals surface area contributed by atoms with Crippen molar-refractivity contribution in [1.82, 2.24) is 4.90 Å². The minimum Gasteiger partial charge on any atom is -0.447 e. The van der Waals surface area contributed by atoms with Crippen molar-refractivity contribution in [3.8, 4) is 0 Å². The minimum absolute atomic E-state index is 0.138. The predicted molar refractivity (Wildman–Crippen MR) is 97.3 cm³/mol. The summed E-state index contributed by atoms with van der Waals surface area (Å²) in [5, 5.41) is 10.1. The second kappa shape index (κ2) is 8.77. The molecule has 1 saturated heterocycles. The first-order valence-electron chi connectivity index (χ1n) is 9.01. The average Bonchev–Trinajstić information content (AvgIpc) is 3.03. The number of amides is 2. The van der Waals surface area contributed by atoms with Gasteiger partial charge in [-0.1, -0.05) is 42.5 Å². The summed E-state index contributed by atoms with van der Waals surface area (Å²) in [6.45, 7) is 0.192. The Morgan fingerprint density at radius 3 is 2.59 bits per heavy atom. The standard InChI is InChI=1S/C21H22FNO4/c22-17-11-9-16(10-12-17)19(24)7-4-8-20(25)23-18(14-27-21(23)26)13-15-5-2-1-3-6-15/h1-3,5-6,9-12,18-19,24H,4,7-8,13-14H2/t18-,19?/m0/s1. The highest BCUT2D eigenvalue weighted by Crippen LogP contribution is 2.22. The van der Waals surface area contributed by atoms with Crippen molar-refractivity contribution in [2.75, 3.05) is 6.61 Å². The van der Waals surface area contributed by atoms with Gasteiger partial charge in [0.05, 0.1) is 12.1 Å². The molecule has 1 fully saturated rings. The Morgan fingerprint density at radius 1 is 1.19 bits per heavy atom. The third-order valence-corrected chi connectivity index (χ3v) is 4.67. The van der Waals surface area contributed by atoms with Crippen LogP contribution in [0.3, 0.4) is 0 Å². The van der Waals surface area contributed by atoms with Gasteiger partial charge in [0, 0.05) is 6.42 Å². The number of aliphatic hydroxyl groups is 1. The molecule has 3 rings (SSSR count). The Kier molecular flexibility index (Phi) is 6.19. The van der Waals surface area contributed by atoms with Crippen LogP contribution in [-0.2, 0) is 16.0 Å². The van der Waals surface area contributed by atoms with Crippen LogP contribution in [0.15, 0.2) is 54.6 Å². The molecular weight excluding hydrogens is 349 g/mol. The van der Waals surface area contributed by atoms with Crippen molar-refractivity contribution in [2.45, 2.75) is 37.8 Å². The molecule has 5 nitrogen and oxygen atoms in total. The van der Waals surface area contributed by atoms with Crippen LogP contribution in [0, 0.1) is 5.82 Å². The molecule has 1 aliphatic heterocycles. The third kappa shape index (κ3) is 4.92. The first-order chi connectivity index (χ1) is 13.0. The second-order valence-corrected chi connectivity index (χ2v) is 6.64. The quantitative estimate of drug-likeness (QED) is 0.807. The highest BCUT2D eigenvalue weighted by molar-refractivity contribution is 5.93. The number of cyclic esters (lactones) is 1. The minimum atomic E-state index is -0.774. The van der Waals surface area contributed by atoms with E-state index in [2.05, 4.69) is 0 Å². The number of aliphatic hydroxyl groups excluding tert-OH is 1. The van der Waals surface area contributed by atoms with E-state index in [9.17, 15) is 19.1 Å². The monoisotopic (exact) mass is 371 g/mol. The van der Waals surface area contributed by atoms with Gasteiger partial charge in [-0.25, -0.2) is 14.1 Å². The number of carbonyl (C=O) groups is 2. The summed E-state index contributed by atoms with van der Waals surface area (Å²) in [5.41, 5.74) is 1.64. The smallest absolute Gasteiger partial charge is 0.416 e. The molecule has 2 aromatic carbocycles. The number of hydrogen-bond acceptors (Lipinski definition) is 4. The molecular formula is C21H22FNO4. The van der Waals surface area contributed by atoms with E-state index < -0.39 is 12.2 Å². The number of imide groups is 1. The van der Waals surface area contributed by atoms with Crippen molar-refractivity contribution in [3.63, 3.8) is 0 Å². The van der Waals surface area contributed by atoms with Gasteiger partial charge in [0.1, 0.15) is 12.4 Å². The number of hydrogen-bond donors (Lipinski definition) is 1. The van der Waals surface area contributed by atoms with Crippen molar-refractivity contribution < 1.29 is 23.8 Å². The van der Waals surface area contributed by atoms with E-state index in [1.165, 1.54) is 29.2 Å². The topological polar surface area (TPSA) is 66.8 Å². The Labute approximate surface area is 157 Å². The summed E-state index contributed by atoms with van der Waals surface area (Å²) in [6, 6.07) is 15.0. The Morgan fingerprint density at radius 2 is 1.89 bits per heavy atom. The Hall–Kier alpha value is -2.73. The maximum absolute atomic E-state index is 12.9. The van der Waals surface area contributed by atoms with Gasteiger partial charge in [-0.3, -0.25) is 4.79 Å². The average molecular weight is 371 g/mol. The van der Waals surface area contributed by atoms with Crippen LogP contribution in [-0.4, -0.2) is 34.7 Å². The van der Waals surface area contributed by atoms with Crippen LogP contribution in [0.4, 0.5) is 9.18 Å². The molecule has 0 aliphatic carbocycles. The first kappa shape index (κ1) is 19.0. The van der Waals surface area contributed by atoms with Gasteiger partial charge in [0.25, 0.3) is 0 Å². The summed E-state index contributed by atoms with van der Waals surface area (Å²) >= 11 is 0. The summed E-state index contributed by atoms with van der Waals surface area (Å²) in [5.74, 6) is -0.664. The van der Waals surface area contributed by atoms with Gasteiger partial charge in [-0.2, -0.15) is 0 Å². The Bertz CT molecular complexity index is 779. The molecule has 142 valence electrons. The molecule has 2 atom stereocenters. The lowest BCUT2D eigenvalue weighted by atomic mass is 10.0. The lowest BCUT2D eigenvalue weighted by molar-refractivity contribution is -0.129. The zero-order chi connectivity index (χ0) is 19.2. The number of carbonyl (C=O) groups excluding carboxylic acids is 2. The zero-order valence-electron chi connectivity index (χ0n) is 14.9. The van der Waals surface area contributed by atoms with Crippen LogP contribution in [0.25, 0.3) is 0 Å². The van der Waals surface area contributed by atoms with Crippen LogP contribution in [0.1, 0.15) is 36.5 Å². The molecule has 0 saturated carbocycles. The number of benzene rings is 2. The molecule has 1 aliphatic rings. The normalized spacial score (nSPS) is 17.6. The van der Waals surface area contributed by atoms with E-state index in [0.29, 0.717) is 24.8 Å². The first-order valence-corrected chi connectivity index (χ1v) is 9.01. The van der Waals surface area contributed by atoms with Crippen LogP contribution in [0.2, 0.25) is 0 Å². The number of rotatable bonds is 7. The zero-order valence-corrected chi connectivity index (χ0v) is 14.9. The van der Waals surface area contributed by atoms with Gasteiger partial charge in [-0.15, -0.1) is 0 Å². The fourth-order valence-corrected chi connectivity index (χ4v) is 3.22. The highest BCUT2D eigenvalue weighted by Gasteiger charge is 2.37. The fraction of sp³-hybridized carbons (Fsp3) is 0.333. The molecule has 0 radical (unpaired) electrons. The highest BCUT2D eigenvalue weighted by atomic mass is 19.1. The van der Waals surface area contributed by atoms with Gasteiger partial charge >= 0.3 is 6.09 Å². The van der Waals surface area contributed by atoms with Gasteiger partial charge in [0.2, 0.25) is 5.91 Å². The predicted octanol–water partition coefficient (Wildman–Crippen LogP) is 3.62. The summed E-state index contributed by atoms with van der Waals surface area (Å²) in [7, 11) is 0. The SMILES string of the molecule is O=C(CCCC(O)c1ccc(F)cc1)N1C(=O)OC[C@@H]1Cc1ccccc1. The summed E-state index contributed by atoms with van der Waals surface area (Å²) < 4.78 is 18.0. The molecule has 0 aromatic heterocycles. The van der Waals surface area contributed by atoms with Crippen molar-refractivity contribution in [2.24, 2.45) is 0 Å². The Balaban J connectivity index is 1.52. The van der Waals surface area contributed by atoms with Crippen LogP contribution < -0.4 is 0 Å². The van der Waals surface area contributed by atoms with Crippen LogP contribution >= 0.6 is 0 Å². The maximum Gasteiger partial charge on any atom is 0.416 e. The summed E-state index contributed by atoms with van der Waals surface area (Å²) in [6.07, 6.45) is 0.0712. The molecule has 27 heavy (non-hydrogen) atoms. The maximum atomic E-state index is 12.9. The number of halogens is 1. The largest absolute Gasteiger partial charge is 0.447 e. The summed E-state index contributed by atoms with van der Waals surface area (Å²) in [4.78, 5) is 25.7. The van der Waals surface area contributed by atoms with E-state index >= 15 is 0 Å². The second-order valence-electron chi connectivity index (χ2n) is 6.64. The van der Waals surface area contributed by atoms with Gasteiger partial charge in [0.15, 0.2) is 0 Å². The van der Waals surface area contributed by atoms with E-state index in [-0.39, 0.29) is 30.8 Å². The molecule has 2 amide bonds. The van der Waals surface area contributed by atoms with Crippen molar-refractivity contribution in [1.29, 1.82) is 0 Å². The van der Waals surface area contributed by atoms with Crippen LogP contribution in [0.5, 0.6) is 0 Å². The van der Waals surface area contributed by atoms with Crippen molar-refractivity contribution in [3.05, 3.63) is 71.5 Å². The fourth-order valence-electron chi connectivity index (χ4n) is 3.22. The van der Waals surface area contributed by atoms with Crippen molar-refractivity contribution >= 4 is 12.0 Å². The number of nitrogens with zero attached hydrogens (tertiary/aromatic N) is 1. The van der Waals surface area contributed by atoms with E-state index in [4.69, 9.17) is 4.74 Å².